The Bertz CT molecular complexity index is 440. The Labute approximate surface area is 96.7 Å². The number of rotatable bonds is 5. The molecule has 0 radical (unpaired) electrons. The normalized spacial score (nSPS) is 11.5. The largest absolute Gasteiger partial charge is 0.493 e. The molecule has 0 saturated carbocycles. The zero-order chi connectivity index (χ0) is 12.2. The summed E-state index contributed by atoms with van der Waals surface area (Å²) in [5.74, 6) is 1.11. The van der Waals surface area contributed by atoms with E-state index >= 15 is 0 Å². The first-order valence-corrected chi connectivity index (χ1v) is 6.96. The summed E-state index contributed by atoms with van der Waals surface area (Å²) >= 11 is 0. The van der Waals surface area contributed by atoms with Crippen molar-refractivity contribution in [2.24, 2.45) is 5.92 Å². The zero-order valence-electron chi connectivity index (χ0n) is 9.73. The Kier molecular flexibility index (Phi) is 4.18. The van der Waals surface area contributed by atoms with Crippen molar-refractivity contribution in [1.29, 1.82) is 0 Å². The molecule has 0 bridgehead atoms. The van der Waals surface area contributed by atoms with Gasteiger partial charge >= 0.3 is 0 Å². The van der Waals surface area contributed by atoms with Crippen LogP contribution >= 0.6 is 0 Å². The number of sulfonamides is 1. The summed E-state index contributed by atoms with van der Waals surface area (Å²) in [4.78, 5) is 0. The van der Waals surface area contributed by atoms with Gasteiger partial charge in [0.1, 0.15) is 5.75 Å². The third kappa shape index (κ3) is 5.02. The highest BCUT2D eigenvalue weighted by Crippen LogP contribution is 2.18. The van der Waals surface area contributed by atoms with Crippen LogP contribution in [0.15, 0.2) is 24.3 Å². The van der Waals surface area contributed by atoms with Crippen LogP contribution in [0.2, 0.25) is 0 Å². The highest BCUT2D eigenvalue weighted by molar-refractivity contribution is 7.92. The van der Waals surface area contributed by atoms with Crippen LogP contribution in [-0.4, -0.2) is 21.3 Å². The van der Waals surface area contributed by atoms with Crippen molar-refractivity contribution in [3.8, 4) is 5.75 Å². The molecule has 0 aliphatic carbocycles. The molecule has 4 nitrogen and oxygen atoms in total. The van der Waals surface area contributed by atoms with Gasteiger partial charge in [0.05, 0.1) is 18.6 Å². The zero-order valence-corrected chi connectivity index (χ0v) is 10.5. The SMILES string of the molecule is CC(C)COc1cccc(NS(C)(=O)=O)c1. The van der Waals surface area contributed by atoms with Gasteiger partial charge in [0, 0.05) is 6.07 Å². The molecule has 1 aromatic rings. The van der Waals surface area contributed by atoms with E-state index < -0.39 is 10.0 Å². The van der Waals surface area contributed by atoms with E-state index in [4.69, 9.17) is 4.74 Å². The van der Waals surface area contributed by atoms with Crippen molar-refractivity contribution in [2.75, 3.05) is 17.6 Å². The van der Waals surface area contributed by atoms with Crippen LogP contribution in [0.3, 0.4) is 0 Å². The fourth-order valence-electron chi connectivity index (χ4n) is 1.13. The van der Waals surface area contributed by atoms with E-state index in [1.54, 1.807) is 24.3 Å². The summed E-state index contributed by atoms with van der Waals surface area (Å²) in [6.45, 7) is 4.72. The second-order valence-corrected chi connectivity index (χ2v) is 5.86. The van der Waals surface area contributed by atoms with Crippen molar-refractivity contribution in [3.63, 3.8) is 0 Å². The minimum absolute atomic E-state index is 0.437. The minimum Gasteiger partial charge on any atom is -0.493 e. The second-order valence-electron chi connectivity index (χ2n) is 4.11. The summed E-state index contributed by atoms with van der Waals surface area (Å²) in [7, 11) is -3.23. The molecule has 90 valence electrons. The minimum atomic E-state index is -3.23. The molecule has 1 aromatic carbocycles. The first kappa shape index (κ1) is 12.8. The van der Waals surface area contributed by atoms with E-state index in [2.05, 4.69) is 18.6 Å². The maximum Gasteiger partial charge on any atom is 0.229 e. The highest BCUT2D eigenvalue weighted by atomic mass is 32.2. The third-order valence-electron chi connectivity index (χ3n) is 1.72. The molecule has 0 amide bonds. The Balaban J connectivity index is 2.71. The Morgan fingerprint density at radius 3 is 2.62 bits per heavy atom. The molecular formula is C11H17NO3S. The maximum absolute atomic E-state index is 11.0. The predicted octanol–water partition coefficient (Wildman–Crippen LogP) is 2.09. The predicted molar refractivity (Wildman–Crippen MR) is 65.2 cm³/mol. The first-order chi connectivity index (χ1) is 7.37. The van der Waals surface area contributed by atoms with Crippen LogP contribution in [0.4, 0.5) is 5.69 Å². The van der Waals surface area contributed by atoms with Gasteiger partial charge in [0.15, 0.2) is 0 Å². The number of anilines is 1. The fraction of sp³-hybridized carbons (Fsp3) is 0.455. The lowest BCUT2D eigenvalue weighted by molar-refractivity contribution is 0.271. The van der Waals surface area contributed by atoms with Crippen LogP contribution in [0.25, 0.3) is 0 Å². The van der Waals surface area contributed by atoms with Gasteiger partial charge in [-0.1, -0.05) is 19.9 Å². The summed E-state index contributed by atoms with van der Waals surface area (Å²) in [5, 5.41) is 0. The van der Waals surface area contributed by atoms with E-state index in [1.807, 2.05) is 0 Å². The van der Waals surface area contributed by atoms with Gasteiger partial charge in [-0.15, -0.1) is 0 Å². The Hall–Kier alpha value is -1.23. The second kappa shape index (κ2) is 5.21. The number of ether oxygens (including phenoxy) is 1. The van der Waals surface area contributed by atoms with Gasteiger partial charge in [-0.25, -0.2) is 8.42 Å². The van der Waals surface area contributed by atoms with Crippen molar-refractivity contribution < 1.29 is 13.2 Å². The number of hydrogen-bond acceptors (Lipinski definition) is 3. The maximum atomic E-state index is 11.0. The lowest BCUT2D eigenvalue weighted by Gasteiger charge is -2.10. The number of benzene rings is 1. The average Bonchev–Trinajstić information content (AvgIpc) is 2.12. The van der Waals surface area contributed by atoms with Gasteiger partial charge in [0.25, 0.3) is 0 Å². The molecule has 0 aromatic heterocycles. The molecule has 0 aliphatic rings. The molecule has 0 saturated heterocycles. The van der Waals surface area contributed by atoms with Gasteiger partial charge in [0.2, 0.25) is 10.0 Å². The van der Waals surface area contributed by atoms with Gasteiger partial charge < -0.3 is 4.74 Å². The fourth-order valence-corrected chi connectivity index (χ4v) is 1.68. The van der Waals surface area contributed by atoms with Crippen LogP contribution in [0, 0.1) is 5.92 Å². The molecule has 1 rings (SSSR count). The van der Waals surface area contributed by atoms with Crippen molar-refractivity contribution in [2.45, 2.75) is 13.8 Å². The van der Waals surface area contributed by atoms with E-state index in [-0.39, 0.29) is 0 Å². The third-order valence-corrected chi connectivity index (χ3v) is 2.33. The topological polar surface area (TPSA) is 55.4 Å². The molecule has 0 aliphatic heterocycles. The standard InChI is InChI=1S/C11H17NO3S/c1-9(2)8-15-11-6-4-5-10(7-11)12-16(3,13)14/h4-7,9,12H,8H2,1-3H3. The molecule has 0 spiro atoms. The summed E-state index contributed by atoms with van der Waals surface area (Å²) in [5.41, 5.74) is 0.517. The van der Waals surface area contributed by atoms with E-state index in [1.165, 1.54) is 0 Å². The average molecular weight is 243 g/mol. The molecule has 5 heteroatoms. The smallest absolute Gasteiger partial charge is 0.229 e. The lowest BCUT2D eigenvalue weighted by Crippen LogP contribution is -2.10. The van der Waals surface area contributed by atoms with E-state index in [0.717, 1.165) is 6.26 Å². The molecule has 0 fully saturated rings. The van der Waals surface area contributed by atoms with Gasteiger partial charge in [-0.3, -0.25) is 4.72 Å². The van der Waals surface area contributed by atoms with Crippen molar-refractivity contribution >= 4 is 15.7 Å². The van der Waals surface area contributed by atoms with Crippen LogP contribution in [-0.2, 0) is 10.0 Å². The molecular weight excluding hydrogens is 226 g/mol. The van der Waals surface area contributed by atoms with Gasteiger partial charge in [-0.05, 0) is 18.1 Å². The Morgan fingerprint density at radius 1 is 1.38 bits per heavy atom. The molecule has 0 atom stereocenters. The van der Waals surface area contributed by atoms with Crippen LogP contribution in [0.5, 0.6) is 5.75 Å². The Morgan fingerprint density at radius 2 is 2.06 bits per heavy atom. The number of hydrogen-bond donors (Lipinski definition) is 1. The molecule has 0 unspecified atom stereocenters. The van der Waals surface area contributed by atoms with Gasteiger partial charge in [-0.2, -0.15) is 0 Å². The quantitative estimate of drug-likeness (QED) is 0.861. The van der Waals surface area contributed by atoms with Crippen molar-refractivity contribution in [1.82, 2.24) is 0 Å². The highest BCUT2D eigenvalue weighted by Gasteiger charge is 2.03. The lowest BCUT2D eigenvalue weighted by atomic mass is 10.2. The van der Waals surface area contributed by atoms with Crippen molar-refractivity contribution in [3.05, 3.63) is 24.3 Å². The summed E-state index contributed by atoms with van der Waals surface area (Å²) < 4.78 is 29.9. The summed E-state index contributed by atoms with van der Waals surface area (Å²) in [6, 6.07) is 6.91. The van der Waals surface area contributed by atoms with Crippen LogP contribution in [0.1, 0.15) is 13.8 Å². The van der Waals surface area contributed by atoms with E-state index in [0.29, 0.717) is 24.0 Å². The molecule has 0 heterocycles. The molecule has 1 N–H and O–H groups in total. The number of nitrogens with one attached hydrogen (secondary N) is 1. The van der Waals surface area contributed by atoms with Crippen LogP contribution < -0.4 is 9.46 Å². The van der Waals surface area contributed by atoms with E-state index in [9.17, 15) is 8.42 Å². The molecule has 16 heavy (non-hydrogen) atoms. The monoisotopic (exact) mass is 243 g/mol. The summed E-state index contributed by atoms with van der Waals surface area (Å²) in [6.07, 6.45) is 1.12. The first-order valence-electron chi connectivity index (χ1n) is 5.07.